The number of amides is 1. The zero-order valence-corrected chi connectivity index (χ0v) is 29.1. The number of carboxylic acids is 2. The number of anilines is 1. The number of carbonyl (C=O) groups is 3. The molecule has 14 heteroatoms. The first-order chi connectivity index (χ1) is 25.3. The number of ether oxygens (including phenoxy) is 2. The third-order valence-corrected chi connectivity index (χ3v) is 9.05. The van der Waals surface area contributed by atoms with E-state index in [2.05, 4.69) is 5.32 Å². The molecular weight excluding hydrogens is 691 g/mol. The van der Waals surface area contributed by atoms with Crippen LogP contribution >= 0.6 is 0 Å². The number of para-hydroxylation sites is 1. The third kappa shape index (κ3) is 9.16. The molecular formula is C39H43FN2O11. The number of aromatic nitrogens is 1. The number of carboxylic acid groups (broad SMARTS) is 2. The number of carbonyl (C=O) groups excluding carboxylic acids is 1. The van der Waals surface area contributed by atoms with E-state index in [0.29, 0.717) is 33.8 Å². The van der Waals surface area contributed by atoms with Crippen LogP contribution in [-0.4, -0.2) is 96.0 Å². The Bertz CT molecular complexity index is 1870. The minimum Gasteiger partial charge on any atom is -0.481 e. The van der Waals surface area contributed by atoms with Gasteiger partial charge in [-0.15, -0.1) is 0 Å². The van der Waals surface area contributed by atoms with Gasteiger partial charge >= 0.3 is 11.9 Å². The first kappa shape index (κ1) is 39.3. The molecule has 282 valence electrons. The van der Waals surface area contributed by atoms with Crippen LogP contribution in [0.25, 0.3) is 22.4 Å². The molecule has 1 aliphatic rings. The van der Waals surface area contributed by atoms with Crippen LogP contribution in [0.15, 0.2) is 84.9 Å². The third-order valence-electron chi connectivity index (χ3n) is 9.05. The van der Waals surface area contributed by atoms with E-state index in [1.807, 2.05) is 54.8 Å². The Morgan fingerprint density at radius 1 is 0.868 bits per heavy atom. The lowest BCUT2D eigenvalue weighted by molar-refractivity contribution is -0.305. The zero-order valence-electron chi connectivity index (χ0n) is 29.1. The number of hydrogen-bond donors (Lipinski definition) is 7. The summed E-state index contributed by atoms with van der Waals surface area (Å²) in [5.41, 5.74) is 4.10. The molecule has 1 aromatic heterocycles. The fourth-order valence-corrected chi connectivity index (χ4v) is 6.64. The molecule has 5 rings (SSSR count). The lowest BCUT2D eigenvalue weighted by Crippen LogP contribution is -2.61. The fourth-order valence-electron chi connectivity index (χ4n) is 6.64. The monoisotopic (exact) mass is 734 g/mol. The van der Waals surface area contributed by atoms with Crippen molar-refractivity contribution in [2.24, 2.45) is 0 Å². The number of nitrogens with zero attached hydrogens (tertiary/aromatic N) is 1. The fraction of sp³-hybridized carbons (Fsp3) is 0.359. The highest BCUT2D eigenvalue weighted by Crippen LogP contribution is 2.43. The molecule has 1 fully saturated rings. The average Bonchev–Trinajstić information content (AvgIpc) is 3.47. The number of benzene rings is 3. The standard InChI is InChI=1S/C39H43FN2O11/c1-21(2)31-30(37(49)41-25-11-7-4-8-12-25)29(22-9-5-3-6-10-22)32(23-13-15-24(40)16-14-23)42(31)18-17-26(43)19-27(20-28(44)45)52-39-35(48)33(46)34(47)36(53-39)38(50)51/h3-16,21,26-27,33-36,39,43,46-48H,17-20H2,1-2H3,(H,41,49)(H,44,45)(H,50,51)/t26-,27-,33+,34+,35-,36+,39?/m1/s1. The summed E-state index contributed by atoms with van der Waals surface area (Å²) < 4.78 is 26.9. The van der Waals surface area contributed by atoms with E-state index in [1.54, 1.807) is 36.4 Å². The van der Waals surface area contributed by atoms with Crippen molar-refractivity contribution in [1.82, 2.24) is 4.57 Å². The molecule has 1 aliphatic heterocycles. The van der Waals surface area contributed by atoms with Gasteiger partial charge in [0.25, 0.3) is 5.91 Å². The Morgan fingerprint density at radius 3 is 2.08 bits per heavy atom. The summed E-state index contributed by atoms with van der Waals surface area (Å²) in [4.78, 5) is 37.6. The van der Waals surface area contributed by atoms with Gasteiger partial charge in [-0.3, -0.25) is 9.59 Å². The number of halogens is 1. The van der Waals surface area contributed by atoms with Crippen molar-refractivity contribution in [2.75, 3.05) is 5.32 Å². The molecule has 0 aliphatic carbocycles. The highest BCUT2D eigenvalue weighted by atomic mass is 19.1. The first-order valence-corrected chi connectivity index (χ1v) is 17.2. The summed E-state index contributed by atoms with van der Waals surface area (Å²) in [6.45, 7) is 3.95. The molecule has 2 heterocycles. The van der Waals surface area contributed by atoms with Crippen molar-refractivity contribution in [3.63, 3.8) is 0 Å². The van der Waals surface area contributed by atoms with Crippen molar-refractivity contribution >= 4 is 23.5 Å². The summed E-state index contributed by atoms with van der Waals surface area (Å²) in [6, 6.07) is 24.1. The molecule has 0 spiro atoms. The van der Waals surface area contributed by atoms with Gasteiger partial charge in [0.2, 0.25) is 0 Å². The van der Waals surface area contributed by atoms with E-state index >= 15 is 0 Å². The number of rotatable bonds is 15. The number of aliphatic carboxylic acids is 2. The molecule has 0 bridgehead atoms. The van der Waals surface area contributed by atoms with Crippen LogP contribution in [0.3, 0.4) is 0 Å². The van der Waals surface area contributed by atoms with Gasteiger partial charge in [-0.2, -0.15) is 0 Å². The zero-order chi connectivity index (χ0) is 38.4. The van der Waals surface area contributed by atoms with E-state index in [0.717, 1.165) is 5.56 Å². The van der Waals surface area contributed by atoms with E-state index in [1.165, 1.54) is 12.1 Å². The molecule has 1 unspecified atom stereocenters. The van der Waals surface area contributed by atoms with Gasteiger partial charge in [-0.05, 0) is 59.9 Å². The minimum atomic E-state index is -1.97. The van der Waals surface area contributed by atoms with Crippen molar-refractivity contribution in [3.05, 3.63) is 102 Å². The number of nitrogens with one attached hydrogen (secondary N) is 1. The summed E-state index contributed by atoms with van der Waals surface area (Å²) in [5.74, 6) is -4.03. The van der Waals surface area contributed by atoms with Gasteiger partial charge in [0, 0.05) is 29.9 Å². The predicted molar refractivity (Wildman–Crippen MR) is 190 cm³/mol. The number of hydrogen-bond acceptors (Lipinski definition) is 9. The van der Waals surface area contributed by atoms with Crippen molar-refractivity contribution in [2.45, 2.75) is 88.5 Å². The Kier molecular flexibility index (Phi) is 12.8. The van der Waals surface area contributed by atoms with E-state index in [9.17, 15) is 49.4 Å². The van der Waals surface area contributed by atoms with Crippen LogP contribution in [0.5, 0.6) is 0 Å². The maximum absolute atomic E-state index is 14.3. The van der Waals surface area contributed by atoms with Gasteiger partial charge in [0.15, 0.2) is 12.4 Å². The predicted octanol–water partition coefficient (Wildman–Crippen LogP) is 4.23. The van der Waals surface area contributed by atoms with Crippen LogP contribution in [-0.2, 0) is 25.6 Å². The Morgan fingerprint density at radius 2 is 1.49 bits per heavy atom. The molecule has 0 radical (unpaired) electrons. The summed E-state index contributed by atoms with van der Waals surface area (Å²) in [5, 5.41) is 64.0. The van der Waals surface area contributed by atoms with Gasteiger partial charge < -0.3 is 50.0 Å². The lowest BCUT2D eigenvalue weighted by Gasteiger charge is -2.39. The maximum Gasteiger partial charge on any atom is 0.335 e. The van der Waals surface area contributed by atoms with E-state index in [-0.39, 0.29) is 31.2 Å². The SMILES string of the molecule is CC(C)c1c(C(=O)Nc2ccccc2)c(-c2ccccc2)c(-c2ccc(F)cc2)n1CC[C@@H](O)C[C@H](CC(=O)O)OC1O[C@H](C(=O)O)[C@@H](O)[C@H](O)[C@H]1O. The van der Waals surface area contributed by atoms with Crippen LogP contribution in [0.2, 0.25) is 0 Å². The second-order valence-electron chi connectivity index (χ2n) is 13.3. The topological polar surface area (TPSA) is 208 Å². The second kappa shape index (κ2) is 17.2. The van der Waals surface area contributed by atoms with E-state index in [4.69, 9.17) is 9.47 Å². The van der Waals surface area contributed by atoms with Crippen molar-refractivity contribution < 1.29 is 58.9 Å². The smallest absolute Gasteiger partial charge is 0.335 e. The molecule has 1 saturated heterocycles. The minimum absolute atomic E-state index is 0.00319. The molecule has 53 heavy (non-hydrogen) atoms. The molecule has 0 saturated carbocycles. The Balaban J connectivity index is 1.52. The van der Waals surface area contributed by atoms with Crippen molar-refractivity contribution in [1.29, 1.82) is 0 Å². The van der Waals surface area contributed by atoms with Gasteiger partial charge in [-0.25, -0.2) is 9.18 Å². The molecule has 4 aromatic rings. The molecule has 7 N–H and O–H groups in total. The highest BCUT2D eigenvalue weighted by molar-refractivity contribution is 6.12. The molecule has 7 atom stereocenters. The van der Waals surface area contributed by atoms with E-state index < -0.39 is 67.1 Å². The normalized spacial score (nSPS) is 21.2. The number of aliphatic hydroxyl groups excluding tert-OH is 4. The van der Waals surface area contributed by atoms with Gasteiger partial charge in [0.1, 0.15) is 24.1 Å². The Labute approximate surface area is 304 Å². The second-order valence-corrected chi connectivity index (χ2v) is 13.3. The molecule has 1 amide bonds. The maximum atomic E-state index is 14.3. The van der Waals surface area contributed by atoms with Gasteiger partial charge in [-0.1, -0.05) is 62.4 Å². The summed E-state index contributed by atoms with van der Waals surface area (Å²) in [7, 11) is 0. The van der Waals surface area contributed by atoms with Crippen LogP contribution in [0, 0.1) is 5.82 Å². The molecule has 3 aromatic carbocycles. The summed E-state index contributed by atoms with van der Waals surface area (Å²) >= 11 is 0. The summed E-state index contributed by atoms with van der Waals surface area (Å²) in [6.07, 6.45) is -13.2. The van der Waals surface area contributed by atoms with Crippen LogP contribution < -0.4 is 5.32 Å². The first-order valence-electron chi connectivity index (χ1n) is 17.2. The highest BCUT2D eigenvalue weighted by Gasteiger charge is 2.48. The quantitative estimate of drug-likeness (QED) is 0.0920. The van der Waals surface area contributed by atoms with Crippen molar-refractivity contribution in [3.8, 4) is 22.4 Å². The average molecular weight is 735 g/mol. The number of aliphatic hydroxyl groups is 4. The largest absolute Gasteiger partial charge is 0.481 e. The van der Waals surface area contributed by atoms with Crippen LogP contribution in [0.1, 0.15) is 55.1 Å². The Hall–Kier alpha value is -4.96. The van der Waals surface area contributed by atoms with Gasteiger partial charge in [0.05, 0.1) is 29.9 Å². The lowest BCUT2D eigenvalue weighted by atomic mass is 9.94. The van der Waals surface area contributed by atoms with Crippen LogP contribution in [0.4, 0.5) is 10.1 Å². The molecule has 13 nitrogen and oxygen atoms in total.